The molecule has 0 radical (unpaired) electrons. The lowest BCUT2D eigenvalue weighted by atomic mass is 9.87. The second-order valence-electron chi connectivity index (χ2n) is 7.01. The van der Waals surface area contributed by atoms with Gasteiger partial charge in [0.2, 0.25) is 4.77 Å². The average molecular weight is 366 g/mol. The van der Waals surface area contributed by atoms with Gasteiger partial charge in [0.1, 0.15) is 5.75 Å². The summed E-state index contributed by atoms with van der Waals surface area (Å²) >= 11 is 5.33. The van der Waals surface area contributed by atoms with Crippen molar-refractivity contribution in [2.24, 2.45) is 5.10 Å². The summed E-state index contributed by atoms with van der Waals surface area (Å²) in [5, 5.41) is 11.6. The lowest BCUT2D eigenvalue weighted by Gasteiger charge is -2.18. The van der Waals surface area contributed by atoms with Gasteiger partial charge in [0.25, 0.3) is 0 Å². The number of aromatic nitrogens is 3. The summed E-state index contributed by atoms with van der Waals surface area (Å²) in [4.78, 5) is 0. The molecule has 134 valence electrons. The molecule has 0 aliphatic heterocycles. The Labute approximate surface area is 158 Å². The summed E-state index contributed by atoms with van der Waals surface area (Å²) in [6, 6.07) is 16.0. The van der Waals surface area contributed by atoms with Crippen LogP contribution in [0, 0.1) is 4.77 Å². The van der Waals surface area contributed by atoms with Crippen LogP contribution in [-0.2, 0) is 5.41 Å². The Kier molecular flexibility index (Phi) is 5.04. The maximum Gasteiger partial charge on any atom is 0.216 e. The molecule has 0 atom stereocenters. The molecule has 0 amide bonds. The Hall–Kier alpha value is -2.73. The molecule has 0 aliphatic carbocycles. The summed E-state index contributed by atoms with van der Waals surface area (Å²) in [7, 11) is 1.64. The van der Waals surface area contributed by atoms with Crippen molar-refractivity contribution in [1.82, 2.24) is 14.9 Å². The van der Waals surface area contributed by atoms with E-state index in [0.717, 1.165) is 16.9 Å². The van der Waals surface area contributed by atoms with Gasteiger partial charge in [0.15, 0.2) is 5.82 Å². The smallest absolute Gasteiger partial charge is 0.216 e. The fraction of sp³-hybridized carbons (Fsp3) is 0.250. The van der Waals surface area contributed by atoms with Crippen LogP contribution in [0.1, 0.15) is 31.9 Å². The Morgan fingerprint density at radius 2 is 1.88 bits per heavy atom. The molecule has 5 nitrogen and oxygen atoms in total. The largest absolute Gasteiger partial charge is 0.497 e. The van der Waals surface area contributed by atoms with E-state index in [2.05, 4.69) is 48.2 Å². The molecule has 0 spiro atoms. The van der Waals surface area contributed by atoms with Gasteiger partial charge in [0.05, 0.1) is 13.3 Å². The Morgan fingerprint density at radius 3 is 2.54 bits per heavy atom. The van der Waals surface area contributed by atoms with Gasteiger partial charge in [-0.3, -0.25) is 0 Å². The third kappa shape index (κ3) is 3.91. The molecular weight excluding hydrogens is 344 g/mol. The number of methoxy groups -OCH3 is 1. The van der Waals surface area contributed by atoms with Gasteiger partial charge in [-0.2, -0.15) is 14.9 Å². The van der Waals surface area contributed by atoms with E-state index in [9.17, 15) is 0 Å². The van der Waals surface area contributed by atoms with Crippen LogP contribution in [0.25, 0.3) is 11.4 Å². The lowest BCUT2D eigenvalue weighted by Crippen LogP contribution is -2.10. The monoisotopic (exact) mass is 366 g/mol. The molecule has 1 heterocycles. The number of H-pyrrole nitrogens is 1. The molecule has 0 unspecified atom stereocenters. The van der Waals surface area contributed by atoms with E-state index in [4.69, 9.17) is 17.0 Å². The van der Waals surface area contributed by atoms with Crippen LogP contribution in [-0.4, -0.2) is 28.2 Å². The summed E-state index contributed by atoms with van der Waals surface area (Å²) in [6.07, 6.45) is 1.74. The van der Waals surface area contributed by atoms with Gasteiger partial charge >= 0.3 is 0 Å². The van der Waals surface area contributed by atoms with E-state index < -0.39 is 0 Å². The van der Waals surface area contributed by atoms with Crippen LogP contribution < -0.4 is 4.74 Å². The number of rotatable bonds is 4. The summed E-state index contributed by atoms with van der Waals surface area (Å²) in [5.74, 6) is 1.46. The molecule has 0 fully saturated rings. The van der Waals surface area contributed by atoms with Gasteiger partial charge in [-0.15, -0.1) is 0 Å². The molecule has 3 rings (SSSR count). The number of hydrogen-bond acceptors (Lipinski definition) is 4. The fourth-order valence-electron chi connectivity index (χ4n) is 2.55. The molecule has 0 saturated heterocycles. The summed E-state index contributed by atoms with van der Waals surface area (Å²) in [5.41, 5.74) is 3.24. The zero-order valence-corrected chi connectivity index (χ0v) is 16.2. The summed E-state index contributed by atoms with van der Waals surface area (Å²) < 4.78 is 7.31. The normalized spacial score (nSPS) is 11.8. The number of aromatic amines is 1. The highest BCUT2D eigenvalue weighted by molar-refractivity contribution is 7.71. The maximum absolute atomic E-state index is 5.33. The molecule has 6 heteroatoms. The maximum atomic E-state index is 5.33. The number of nitrogens with zero attached hydrogens (tertiary/aromatic N) is 3. The third-order valence-electron chi connectivity index (χ3n) is 4.08. The van der Waals surface area contributed by atoms with Gasteiger partial charge < -0.3 is 4.74 Å². The molecule has 1 N–H and O–H groups in total. The van der Waals surface area contributed by atoms with Crippen molar-refractivity contribution in [1.29, 1.82) is 0 Å². The molecule has 26 heavy (non-hydrogen) atoms. The average Bonchev–Trinajstić information content (AvgIpc) is 3.00. The highest BCUT2D eigenvalue weighted by Crippen LogP contribution is 2.25. The Balaban J connectivity index is 1.94. The van der Waals surface area contributed by atoms with Gasteiger partial charge in [-0.25, -0.2) is 5.10 Å². The Bertz CT molecular complexity index is 978. The van der Waals surface area contributed by atoms with E-state index in [1.807, 2.05) is 36.4 Å². The van der Waals surface area contributed by atoms with E-state index in [-0.39, 0.29) is 5.41 Å². The van der Waals surface area contributed by atoms with Crippen molar-refractivity contribution in [3.8, 4) is 17.1 Å². The first kappa shape index (κ1) is 18.1. The fourth-order valence-corrected chi connectivity index (χ4v) is 2.73. The number of benzene rings is 2. The second-order valence-corrected chi connectivity index (χ2v) is 7.40. The summed E-state index contributed by atoms with van der Waals surface area (Å²) in [6.45, 7) is 6.57. The van der Waals surface area contributed by atoms with Crippen molar-refractivity contribution in [3.05, 3.63) is 64.4 Å². The van der Waals surface area contributed by atoms with Crippen molar-refractivity contribution in [2.75, 3.05) is 7.11 Å². The van der Waals surface area contributed by atoms with Crippen LogP contribution in [0.15, 0.2) is 53.6 Å². The van der Waals surface area contributed by atoms with Crippen LogP contribution >= 0.6 is 12.2 Å². The molecular formula is C20H22N4OS. The van der Waals surface area contributed by atoms with E-state index >= 15 is 0 Å². The van der Waals surface area contributed by atoms with Crippen LogP contribution in [0.2, 0.25) is 0 Å². The lowest BCUT2D eigenvalue weighted by molar-refractivity contribution is 0.415. The minimum Gasteiger partial charge on any atom is -0.497 e. The number of ether oxygens (including phenoxy) is 1. The topological polar surface area (TPSA) is 55.2 Å². The van der Waals surface area contributed by atoms with E-state index in [1.165, 1.54) is 5.56 Å². The molecule has 1 aromatic heterocycles. The van der Waals surface area contributed by atoms with Crippen LogP contribution in [0.4, 0.5) is 0 Å². The first-order valence-electron chi connectivity index (χ1n) is 8.35. The minimum absolute atomic E-state index is 0.105. The highest BCUT2D eigenvalue weighted by atomic mass is 32.1. The van der Waals surface area contributed by atoms with Gasteiger partial charge in [0, 0.05) is 5.56 Å². The SMILES string of the molecule is COc1cccc(/C=N\n2c(-c3ccc(C(C)(C)C)cc3)n[nH]c2=S)c1. The molecule has 0 bridgehead atoms. The minimum atomic E-state index is 0.105. The van der Waals surface area contributed by atoms with Crippen LogP contribution in [0.3, 0.4) is 0 Å². The predicted octanol–water partition coefficient (Wildman–Crippen LogP) is 4.80. The molecule has 3 aromatic rings. The van der Waals surface area contributed by atoms with Gasteiger partial charge in [-0.1, -0.05) is 57.2 Å². The molecule has 2 aromatic carbocycles. The van der Waals surface area contributed by atoms with Crippen molar-refractivity contribution in [3.63, 3.8) is 0 Å². The van der Waals surface area contributed by atoms with E-state index in [0.29, 0.717) is 10.6 Å². The Morgan fingerprint density at radius 1 is 1.15 bits per heavy atom. The first-order chi connectivity index (χ1) is 12.4. The highest BCUT2D eigenvalue weighted by Gasteiger charge is 2.14. The molecule has 0 saturated carbocycles. The van der Waals surface area contributed by atoms with Crippen molar-refractivity contribution in [2.45, 2.75) is 26.2 Å². The number of nitrogens with one attached hydrogen (secondary N) is 1. The van der Waals surface area contributed by atoms with Crippen molar-refractivity contribution < 1.29 is 4.74 Å². The third-order valence-corrected chi connectivity index (χ3v) is 4.34. The van der Waals surface area contributed by atoms with Crippen molar-refractivity contribution >= 4 is 18.4 Å². The zero-order valence-electron chi connectivity index (χ0n) is 15.4. The number of hydrogen-bond donors (Lipinski definition) is 1. The quantitative estimate of drug-likeness (QED) is 0.533. The predicted molar refractivity (Wildman–Crippen MR) is 108 cm³/mol. The zero-order chi connectivity index (χ0) is 18.7. The first-order valence-corrected chi connectivity index (χ1v) is 8.76. The van der Waals surface area contributed by atoms with E-state index in [1.54, 1.807) is 18.0 Å². The van der Waals surface area contributed by atoms with Crippen LogP contribution in [0.5, 0.6) is 5.75 Å². The standard InChI is InChI=1S/C20H22N4OS/c1-20(2,3)16-10-8-15(9-11-16)18-22-23-19(26)24(18)21-13-14-6-5-7-17(12-14)25-4/h5-13H,1-4H3,(H,23,26)/b21-13-. The molecule has 0 aliphatic rings. The second kappa shape index (κ2) is 7.25. The van der Waals surface area contributed by atoms with Gasteiger partial charge in [-0.05, 0) is 40.9 Å².